The van der Waals surface area contributed by atoms with Gasteiger partial charge in [0.15, 0.2) is 5.12 Å². The van der Waals surface area contributed by atoms with Crippen molar-refractivity contribution >= 4 is 23.0 Å². The second-order valence-corrected chi connectivity index (χ2v) is 7.50. The van der Waals surface area contributed by atoms with Crippen LogP contribution in [0.3, 0.4) is 0 Å². The Morgan fingerprint density at radius 1 is 1.20 bits per heavy atom. The van der Waals surface area contributed by atoms with E-state index in [0.29, 0.717) is 12.4 Å². The van der Waals surface area contributed by atoms with Crippen LogP contribution in [0.4, 0.5) is 4.79 Å². The molecule has 1 unspecified atom stereocenters. The second kappa shape index (κ2) is 11.2. The van der Waals surface area contributed by atoms with Crippen LogP contribution in [-0.4, -0.2) is 35.7 Å². The van der Waals surface area contributed by atoms with E-state index in [1.165, 1.54) is 37.9 Å². The molecule has 1 fully saturated rings. The molecule has 0 aliphatic heterocycles. The van der Waals surface area contributed by atoms with Gasteiger partial charge in [-0.25, -0.2) is 4.79 Å². The van der Waals surface area contributed by atoms with Gasteiger partial charge >= 0.3 is 6.09 Å². The van der Waals surface area contributed by atoms with Crippen LogP contribution in [0.25, 0.3) is 0 Å². The van der Waals surface area contributed by atoms with E-state index >= 15 is 0 Å². The molecule has 1 amide bonds. The number of carbonyl (C=O) groups excluding carboxylic acids is 2. The molecule has 1 aliphatic carbocycles. The maximum Gasteiger partial charge on any atom is 0.407 e. The van der Waals surface area contributed by atoms with Crippen molar-refractivity contribution < 1.29 is 19.1 Å². The monoisotopic (exact) mass is 365 g/mol. The first kappa shape index (κ1) is 19.8. The van der Waals surface area contributed by atoms with E-state index in [2.05, 4.69) is 5.32 Å². The molecule has 1 aliphatic rings. The van der Waals surface area contributed by atoms with Crippen molar-refractivity contribution in [2.24, 2.45) is 0 Å². The van der Waals surface area contributed by atoms with Crippen molar-refractivity contribution in [3.8, 4) is 0 Å². The number of thioether (sulfide) groups is 1. The molecule has 25 heavy (non-hydrogen) atoms. The highest BCUT2D eigenvalue weighted by Gasteiger charge is 2.19. The summed E-state index contributed by atoms with van der Waals surface area (Å²) in [5.41, 5.74) is 0.936. The fourth-order valence-corrected chi connectivity index (χ4v) is 3.38. The van der Waals surface area contributed by atoms with E-state index in [1.807, 2.05) is 30.3 Å². The van der Waals surface area contributed by atoms with Gasteiger partial charge in [-0.2, -0.15) is 0 Å². The molecular formula is C19H27NO4S. The average Bonchev–Trinajstić information content (AvgIpc) is 2.64. The summed E-state index contributed by atoms with van der Waals surface area (Å²) >= 11 is 1.19. The van der Waals surface area contributed by atoms with Crippen LogP contribution in [0.15, 0.2) is 30.3 Å². The van der Waals surface area contributed by atoms with Crippen molar-refractivity contribution in [3.05, 3.63) is 35.9 Å². The molecule has 0 saturated heterocycles. The molecule has 0 radical (unpaired) electrons. The van der Waals surface area contributed by atoms with Crippen LogP contribution < -0.4 is 5.32 Å². The Balaban J connectivity index is 1.76. The van der Waals surface area contributed by atoms with E-state index < -0.39 is 6.09 Å². The van der Waals surface area contributed by atoms with Crippen LogP contribution in [0.5, 0.6) is 0 Å². The predicted octanol–water partition coefficient (Wildman–Crippen LogP) is 3.91. The van der Waals surface area contributed by atoms with Gasteiger partial charge in [-0.05, 0) is 18.4 Å². The van der Waals surface area contributed by atoms with Gasteiger partial charge in [0.2, 0.25) is 0 Å². The highest BCUT2D eigenvalue weighted by molar-refractivity contribution is 8.13. The van der Waals surface area contributed by atoms with Crippen LogP contribution in [-0.2, 0) is 20.9 Å². The van der Waals surface area contributed by atoms with Crippen molar-refractivity contribution in [2.45, 2.75) is 57.8 Å². The summed E-state index contributed by atoms with van der Waals surface area (Å²) in [6.07, 6.45) is 5.60. The number of ether oxygens (including phenoxy) is 2. The number of alkyl carbamates (subject to hydrolysis) is 1. The number of hydrogen-bond acceptors (Lipinski definition) is 5. The quantitative estimate of drug-likeness (QED) is 0.757. The Labute approximate surface area is 153 Å². The first-order valence-corrected chi connectivity index (χ1v) is 9.84. The molecule has 1 saturated carbocycles. The highest BCUT2D eigenvalue weighted by Crippen LogP contribution is 2.20. The topological polar surface area (TPSA) is 64.6 Å². The minimum atomic E-state index is -0.481. The van der Waals surface area contributed by atoms with E-state index in [1.54, 1.807) is 0 Å². The molecule has 0 bridgehead atoms. The molecule has 138 valence electrons. The molecule has 1 aromatic carbocycles. The number of carbonyl (C=O) groups is 2. The maximum absolute atomic E-state index is 12.0. The minimum Gasteiger partial charge on any atom is -0.445 e. The molecule has 1 N–H and O–H groups in total. The summed E-state index contributed by atoms with van der Waals surface area (Å²) in [5, 5.41) is 2.85. The van der Waals surface area contributed by atoms with Crippen molar-refractivity contribution in [1.82, 2.24) is 5.32 Å². The smallest absolute Gasteiger partial charge is 0.407 e. The summed E-state index contributed by atoms with van der Waals surface area (Å²) in [6, 6.07) is 9.30. The lowest BCUT2D eigenvalue weighted by Crippen LogP contribution is -2.41. The Morgan fingerprint density at radius 2 is 1.92 bits per heavy atom. The molecule has 2 rings (SSSR count). The number of nitrogens with one attached hydrogen (secondary N) is 1. The standard InChI is InChI=1S/C19H27NO4S/c1-15(21)25-14-17(13-23-18-10-6-3-7-11-18)20-19(22)24-12-16-8-4-2-5-9-16/h2,4-5,8-9,17-18H,3,6-7,10-14H2,1H3,(H,20,22). The molecular weight excluding hydrogens is 338 g/mol. The predicted molar refractivity (Wildman–Crippen MR) is 99.5 cm³/mol. The number of benzene rings is 1. The Hall–Kier alpha value is -1.53. The molecule has 1 atom stereocenters. The third-order valence-electron chi connectivity index (χ3n) is 4.11. The van der Waals surface area contributed by atoms with E-state index in [4.69, 9.17) is 9.47 Å². The Kier molecular flexibility index (Phi) is 8.83. The zero-order chi connectivity index (χ0) is 17.9. The SMILES string of the molecule is CC(=O)SCC(COC1CCCCC1)NC(=O)OCc1ccccc1. The van der Waals surface area contributed by atoms with E-state index in [-0.39, 0.29) is 23.9 Å². The molecule has 1 aromatic rings. The summed E-state index contributed by atoms with van der Waals surface area (Å²) < 4.78 is 11.2. The second-order valence-electron chi connectivity index (χ2n) is 6.30. The first-order valence-electron chi connectivity index (χ1n) is 8.85. The van der Waals surface area contributed by atoms with Gasteiger partial charge in [-0.1, -0.05) is 61.4 Å². The van der Waals surface area contributed by atoms with Crippen LogP contribution in [0.2, 0.25) is 0 Å². The lowest BCUT2D eigenvalue weighted by Gasteiger charge is -2.25. The summed E-state index contributed by atoms with van der Waals surface area (Å²) in [5.74, 6) is 0.489. The minimum absolute atomic E-state index is 0.0297. The normalized spacial score (nSPS) is 16.2. The van der Waals surface area contributed by atoms with Crippen LogP contribution >= 0.6 is 11.8 Å². The van der Waals surface area contributed by atoms with Gasteiger partial charge in [-0.15, -0.1) is 0 Å². The van der Waals surface area contributed by atoms with Gasteiger partial charge in [0.1, 0.15) is 6.61 Å². The summed E-state index contributed by atoms with van der Waals surface area (Å²) in [6.45, 7) is 2.16. The zero-order valence-electron chi connectivity index (χ0n) is 14.7. The summed E-state index contributed by atoms with van der Waals surface area (Å²) in [7, 11) is 0. The molecule has 0 spiro atoms. The van der Waals surface area contributed by atoms with Gasteiger partial charge in [0.05, 0.1) is 18.8 Å². The summed E-state index contributed by atoms with van der Waals surface area (Å²) in [4.78, 5) is 23.3. The third kappa shape index (κ3) is 8.40. The largest absolute Gasteiger partial charge is 0.445 e. The maximum atomic E-state index is 12.0. The fraction of sp³-hybridized carbons (Fsp3) is 0.579. The van der Waals surface area contributed by atoms with Crippen molar-refractivity contribution in [1.29, 1.82) is 0 Å². The molecule has 5 nitrogen and oxygen atoms in total. The first-order chi connectivity index (χ1) is 12.1. The van der Waals surface area contributed by atoms with Crippen LogP contribution in [0.1, 0.15) is 44.6 Å². The zero-order valence-corrected chi connectivity index (χ0v) is 15.6. The molecule has 0 heterocycles. The number of hydrogen-bond donors (Lipinski definition) is 1. The lowest BCUT2D eigenvalue weighted by atomic mass is 9.98. The fourth-order valence-electron chi connectivity index (χ4n) is 2.76. The third-order valence-corrected chi connectivity index (χ3v) is 5.08. The number of rotatable bonds is 8. The van der Waals surface area contributed by atoms with Crippen molar-refractivity contribution in [3.63, 3.8) is 0 Å². The van der Waals surface area contributed by atoms with Gasteiger partial charge in [-0.3, -0.25) is 4.79 Å². The average molecular weight is 365 g/mol. The van der Waals surface area contributed by atoms with Gasteiger partial charge in [0, 0.05) is 12.7 Å². The molecule has 0 aromatic heterocycles. The molecule has 6 heteroatoms. The van der Waals surface area contributed by atoms with Crippen LogP contribution in [0, 0.1) is 0 Å². The number of amides is 1. The van der Waals surface area contributed by atoms with Crippen molar-refractivity contribution in [2.75, 3.05) is 12.4 Å². The van der Waals surface area contributed by atoms with E-state index in [9.17, 15) is 9.59 Å². The van der Waals surface area contributed by atoms with Gasteiger partial charge < -0.3 is 14.8 Å². The van der Waals surface area contributed by atoms with Gasteiger partial charge in [0.25, 0.3) is 0 Å². The Morgan fingerprint density at radius 3 is 2.60 bits per heavy atom. The highest BCUT2D eigenvalue weighted by atomic mass is 32.2. The Bertz CT molecular complexity index is 531. The lowest BCUT2D eigenvalue weighted by molar-refractivity contribution is -0.109. The van der Waals surface area contributed by atoms with E-state index in [0.717, 1.165) is 18.4 Å².